The maximum atomic E-state index is 12.8. The van der Waals surface area contributed by atoms with Gasteiger partial charge in [0.2, 0.25) is 5.88 Å². The normalized spacial score (nSPS) is 17.0. The molecule has 0 aliphatic carbocycles. The zero-order valence-electron chi connectivity index (χ0n) is 19.2. The quantitative estimate of drug-likeness (QED) is 0.450. The van der Waals surface area contributed by atoms with Crippen molar-refractivity contribution in [3.05, 3.63) is 49.7 Å². The molecule has 2 rings (SSSR count). The third-order valence-electron chi connectivity index (χ3n) is 5.24. The highest BCUT2D eigenvalue weighted by atomic mass is 32.2. The number of aromatic hydroxyl groups is 1. The van der Waals surface area contributed by atoms with Crippen LogP contribution in [0.25, 0.3) is 6.08 Å². The number of likely N-dealkylation sites (N-methyl/N-ethyl adjacent to an activating group) is 1. The van der Waals surface area contributed by atoms with Gasteiger partial charge in [0.25, 0.3) is 17.4 Å². The van der Waals surface area contributed by atoms with Crippen LogP contribution in [0.2, 0.25) is 0 Å². The minimum absolute atomic E-state index is 0.0149. The van der Waals surface area contributed by atoms with Crippen LogP contribution >= 0.6 is 0 Å². The minimum Gasteiger partial charge on any atom is -0.493 e. The number of amides is 2. The summed E-state index contributed by atoms with van der Waals surface area (Å²) in [6.45, 7) is 5.79. The second-order valence-electron chi connectivity index (χ2n) is 7.53. The van der Waals surface area contributed by atoms with Crippen LogP contribution in [-0.4, -0.2) is 62.3 Å². The maximum Gasteiger partial charge on any atom is 0.272 e. The lowest BCUT2D eigenvalue weighted by molar-refractivity contribution is -0.139. The summed E-state index contributed by atoms with van der Waals surface area (Å²) in [5.74, 6) is -2.25. The number of nitrogens with zero attached hydrogens (tertiary/aromatic N) is 2. The van der Waals surface area contributed by atoms with Crippen LogP contribution in [0.1, 0.15) is 31.9 Å². The Kier molecular flexibility index (Phi) is 7.24. The fourth-order valence-corrected chi connectivity index (χ4v) is 5.91. The van der Waals surface area contributed by atoms with E-state index in [2.05, 4.69) is 0 Å². The molecule has 10 nitrogen and oxygen atoms in total. The van der Waals surface area contributed by atoms with Crippen LogP contribution in [-0.2, 0) is 35.8 Å². The Labute approximate surface area is 192 Å². The summed E-state index contributed by atoms with van der Waals surface area (Å²) in [6.07, 6.45) is 5.62. The molecule has 0 fully saturated rings. The predicted molar refractivity (Wildman–Crippen MR) is 123 cm³/mol. The van der Waals surface area contributed by atoms with Crippen LogP contribution in [0.15, 0.2) is 37.9 Å². The van der Waals surface area contributed by atoms with Crippen molar-refractivity contribution >= 4 is 37.6 Å². The van der Waals surface area contributed by atoms with E-state index < -0.39 is 47.8 Å². The van der Waals surface area contributed by atoms with Crippen LogP contribution < -0.4 is 5.56 Å². The average Bonchev–Trinajstić information content (AvgIpc) is 2.65. The summed E-state index contributed by atoms with van der Waals surface area (Å²) in [5.41, 5.74) is -0.706. The highest BCUT2D eigenvalue weighted by molar-refractivity contribution is 7.95. The van der Waals surface area contributed by atoms with Gasteiger partial charge in [-0.2, -0.15) is 0 Å². The molecule has 0 aromatic carbocycles. The van der Waals surface area contributed by atoms with Gasteiger partial charge in [-0.3, -0.25) is 23.9 Å². The zero-order chi connectivity index (χ0) is 25.5. The van der Waals surface area contributed by atoms with E-state index in [1.807, 2.05) is 0 Å². The molecule has 0 saturated carbocycles. The molecule has 180 valence electrons. The third-order valence-corrected chi connectivity index (χ3v) is 7.69. The molecule has 2 heterocycles. The van der Waals surface area contributed by atoms with Gasteiger partial charge in [0.15, 0.2) is 19.7 Å². The number of rotatable bonds is 6. The molecule has 1 N–H and O–H groups in total. The van der Waals surface area contributed by atoms with Crippen molar-refractivity contribution in [2.24, 2.45) is 0 Å². The maximum absolute atomic E-state index is 12.8. The number of hydrogen-bond donors (Lipinski definition) is 1. The number of allylic oxidation sites excluding steroid dienone is 2. The van der Waals surface area contributed by atoms with Crippen molar-refractivity contribution in [3.63, 3.8) is 0 Å². The molecule has 12 heteroatoms. The first-order valence-electron chi connectivity index (χ1n) is 9.91. The van der Waals surface area contributed by atoms with Gasteiger partial charge in [-0.15, -0.1) is 0 Å². The molecular formula is C21H26N2O8S2. The lowest BCUT2D eigenvalue weighted by atomic mass is 10.0. The van der Waals surface area contributed by atoms with Gasteiger partial charge in [0.05, 0.1) is 0 Å². The molecule has 1 aromatic heterocycles. The first-order chi connectivity index (χ1) is 15.1. The fourth-order valence-electron chi connectivity index (χ4n) is 3.71. The third kappa shape index (κ3) is 4.71. The molecule has 1 aliphatic rings. The second-order valence-corrected chi connectivity index (χ2v) is 11.4. The van der Waals surface area contributed by atoms with E-state index in [4.69, 9.17) is 0 Å². The van der Waals surface area contributed by atoms with Crippen LogP contribution in [0.4, 0.5) is 0 Å². The van der Waals surface area contributed by atoms with Gasteiger partial charge in [-0.05, 0) is 51.0 Å². The molecule has 0 saturated heterocycles. The number of imide groups is 1. The molecule has 0 atom stereocenters. The monoisotopic (exact) mass is 498 g/mol. The van der Waals surface area contributed by atoms with E-state index in [0.717, 1.165) is 22.0 Å². The van der Waals surface area contributed by atoms with Crippen molar-refractivity contribution in [2.45, 2.75) is 39.1 Å². The Bertz CT molecular complexity index is 1410. The predicted octanol–water partition coefficient (Wildman–Crippen LogP) is 0.933. The Morgan fingerprint density at radius 2 is 1.48 bits per heavy atom. The van der Waals surface area contributed by atoms with E-state index in [0.29, 0.717) is 0 Å². The topological polar surface area (TPSA) is 148 Å². The van der Waals surface area contributed by atoms with Gasteiger partial charge in [-0.25, -0.2) is 16.8 Å². The molecule has 0 bridgehead atoms. The first-order valence-corrected chi connectivity index (χ1v) is 13.7. The van der Waals surface area contributed by atoms with E-state index >= 15 is 0 Å². The highest BCUT2D eigenvalue weighted by Crippen LogP contribution is 2.29. The lowest BCUT2D eigenvalue weighted by Gasteiger charge is -2.27. The van der Waals surface area contributed by atoms with E-state index in [9.17, 15) is 36.3 Å². The van der Waals surface area contributed by atoms with Gasteiger partial charge < -0.3 is 5.11 Å². The number of hydrogen-bond acceptors (Lipinski definition) is 8. The molecule has 0 spiro atoms. The van der Waals surface area contributed by atoms with Gasteiger partial charge >= 0.3 is 0 Å². The summed E-state index contributed by atoms with van der Waals surface area (Å²) >= 11 is 0. The molecule has 1 aromatic rings. The number of carbonyl (C=O) groups excluding carboxylic acids is 2. The smallest absolute Gasteiger partial charge is 0.272 e. The van der Waals surface area contributed by atoms with Crippen molar-refractivity contribution in [1.29, 1.82) is 0 Å². The molecule has 2 amide bonds. The van der Waals surface area contributed by atoms with Crippen molar-refractivity contribution in [3.8, 4) is 5.88 Å². The summed E-state index contributed by atoms with van der Waals surface area (Å²) < 4.78 is 49.6. The van der Waals surface area contributed by atoms with E-state index in [1.54, 1.807) is 6.92 Å². The van der Waals surface area contributed by atoms with Crippen LogP contribution in [0.5, 0.6) is 5.88 Å². The Hall–Kier alpha value is -2.99. The molecule has 33 heavy (non-hydrogen) atoms. The molecule has 1 aliphatic heterocycles. The highest BCUT2D eigenvalue weighted by Gasteiger charge is 2.38. The van der Waals surface area contributed by atoms with E-state index in [1.165, 1.54) is 39.0 Å². The second kappa shape index (κ2) is 9.10. The van der Waals surface area contributed by atoms with Gasteiger partial charge in [0, 0.05) is 36.7 Å². The van der Waals surface area contributed by atoms with Crippen molar-refractivity contribution in [2.75, 3.05) is 19.1 Å². The van der Waals surface area contributed by atoms with Crippen molar-refractivity contribution < 1.29 is 31.5 Å². The Balaban J connectivity index is 2.78. The Morgan fingerprint density at radius 3 is 1.94 bits per heavy atom. The number of sulfone groups is 2. The van der Waals surface area contributed by atoms with Crippen LogP contribution in [0.3, 0.4) is 0 Å². The van der Waals surface area contributed by atoms with E-state index in [-0.39, 0.29) is 40.3 Å². The summed E-state index contributed by atoms with van der Waals surface area (Å²) in [7, 11) is -7.80. The summed E-state index contributed by atoms with van der Waals surface area (Å²) in [5, 5.41) is 10.3. The Morgan fingerprint density at radius 1 is 0.909 bits per heavy atom. The first kappa shape index (κ1) is 26.3. The lowest BCUT2D eigenvalue weighted by Crippen LogP contribution is -2.44. The number of carbonyl (C=O) groups is 2. The van der Waals surface area contributed by atoms with Gasteiger partial charge in [-0.1, -0.05) is 6.08 Å². The SMILES string of the molecule is CCN1C(=O)C(=CC=Cc2c(C)c(S(C)(=O)=O)c(O)n(CC)c2=O)C(C)=C(S(C)(=O)=O)C1=O. The average molecular weight is 499 g/mol. The van der Waals surface area contributed by atoms with Gasteiger partial charge in [0.1, 0.15) is 9.80 Å². The number of aromatic nitrogens is 1. The summed E-state index contributed by atoms with van der Waals surface area (Å²) in [4.78, 5) is 38.0. The number of pyridine rings is 1. The largest absolute Gasteiger partial charge is 0.493 e. The molecular weight excluding hydrogens is 472 g/mol. The zero-order valence-corrected chi connectivity index (χ0v) is 20.8. The summed E-state index contributed by atoms with van der Waals surface area (Å²) in [6, 6.07) is 0. The van der Waals surface area contributed by atoms with Crippen LogP contribution in [0, 0.1) is 6.92 Å². The molecule has 0 unspecified atom stereocenters. The standard InChI is InChI=1S/C21H26N2O8S2/c1-7-22-18(24)14(12(3)16(20(22)26)32(5,28)29)10-9-11-15-13(4)17(33(6,30)31)21(27)23(8-2)19(15)25/h9-11,26H,7-8H2,1-6H3. The van der Waals surface area contributed by atoms with Crippen molar-refractivity contribution in [1.82, 2.24) is 9.47 Å². The fraction of sp³-hybridized carbons (Fsp3) is 0.381. The minimum atomic E-state index is -3.93. The molecule has 0 radical (unpaired) electrons.